The Balaban J connectivity index is 0.000000244. The van der Waals surface area contributed by atoms with Crippen LogP contribution < -0.4 is 27.0 Å². The van der Waals surface area contributed by atoms with Crippen LogP contribution in [0.1, 0.15) is 11.1 Å². The molecule has 232 valence electrons. The van der Waals surface area contributed by atoms with Crippen molar-refractivity contribution < 1.29 is 28.9 Å². The lowest BCUT2D eigenvalue weighted by atomic mass is 9.80. The largest absolute Gasteiger partial charge is 0.491 e. The molecular formula is C28H32B3BrCl2F2N4O4. The molecule has 0 radical (unpaired) electrons. The van der Waals surface area contributed by atoms with Crippen LogP contribution in [0.5, 0.6) is 0 Å². The molecule has 0 unspecified atom stereocenters. The summed E-state index contributed by atoms with van der Waals surface area (Å²) in [5, 5.41) is 41.3. The second-order valence-corrected chi connectivity index (χ2v) is 11.1. The molecular weight excluding hydrogens is 678 g/mol. The van der Waals surface area contributed by atoms with Gasteiger partial charge in [0.05, 0.1) is 0 Å². The first-order valence-electron chi connectivity index (χ1n) is 13.3. The van der Waals surface area contributed by atoms with Crippen molar-refractivity contribution in [2.75, 3.05) is 0 Å². The molecule has 0 heterocycles. The highest BCUT2D eigenvalue weighted by molar-refractivity contribution is 9.10. The smallest absolute Gasteiger partial charge is 0.437 e. The first kappa shape index (κ1) is 37.9. The molecule has 44 heavy (non-hydrogen) atoms. The van der Waals surface area contributed by atoms with E-state index in [0.29, 0.717) is 23.7 Å². The average molecular weight is 710 g/mol. The van der Waals surface area contributed by atoms with E-state index in [-0.39, 0.29) is 16.3 Å². The van der Waals surface area contributed by atoms with E-state index in [1.54, 1.807) is 19.7 Å². The summed E-state index contributed by atoms with van der Waals surface area (Å²) in [5.41, 5.74) is 9.02. The quantitative estimate of drug-likeness (QED) is 0.0912. The number of nitrogens with one attached hydrogen (secondary N) is 4. The van der Waals surface area contributed by atoms with Crippen LogP contribution in [0.4, 0.5) is 8.78 Å². The van der Waals surface area contributed by atoms with Gasteiger partial charge in [0.15, 0.2) is 0 Å². The molecule has 8 N–H and O–H groups in total. The molecule has 4 aromatic rings. The lowest BCUT2D eigenvalue weighted by molar-refractivity contribution is 0.423. The van der Waals surface area contributed by atoms with Gasteiger partial charge in [0, 0.05) is 38.6 Å². The Kier molecular flexibility index (Phi) is 17.2. The maximum absolute atomic E-state index is 13.7. The zero-order chi connectivity index (χ0) is 32.6. The predicted molar refractivity (Wildman–Crippen MR) is 180 cm³/mol. The van der Waals surface area contributed by atoms with E-state index >= 15 is 0 Å². The van der Waals surface area contributed by atoms with Gasteiger partial charge in [-0.05, 0) is 78.9 Å². The molecule has 0 bridgehead atoms. The molecule has 0 atom stereocenters. The Hall–Kier alpha value is -2.33. The minimum Gasteiger partial charge on any atom is -0.437 e. The van der Waals surface area contributed by atoms with Gasteiger partial charge in [0.2, 0.25) is 0 Å². The summed E-state index contributed by atoms with van der Waals surface area (Å²) in [4.78, 5) is 0. The van der Waals surface area contributed by atoms with Crippen molar-refractivity contribution in [2.45, 2.75) is 26.7 Å². The van der Waals surface area contributed by atoms with Crippen LogP contribution in [-0.2, 0) is 13.1 Å². The Bertz CT molecular complexity index is 1430. The number of halogens is 5. The summed E-state index contributed by atoms with van der Waals surface area (Å²) in [6.07, 6.45) is 0. The van der Waals surface area contributed by atoms with Crippen molar-refractivity contribution in [3.8, 4) is 11.1 Å². The summed E-state index contributed by atoms with van der Waals surface area (Å²) in [5.74, 6) is -0.972. The van der Waals surface area contributed by atoms with Crippen molar-refractivity contribution in [2.24, 2.45) is 0 Å². The van der Waals surface area contributed by atoms with Gasteiger partial charge in [-0.25, -0.2) is 8.78 Å². The van der Waals surface area contributed by atoms with Gasteiger partial charge < -0.3 is 20.1 Å². The fourth-order valence-electron chi connectivity index (χ4n) is 3.44. The van der Waals surface area contributed by atoms with Gasteiger partial charge in [-0.15, -0.1) is 0 Å². The van der Waals surface area contributed by atoms with Crippen molar-refractivity contribution in [3.05, 3.63) is 122 Å². The van der Waals surface area contributed by atoms with Gasteiger partial charge in [-0.2, -0.15) is 0 Å². The monoisotopic (exact) mass is 708 g/mol. The second kappa shape index (κ2) is 19.9. The highest BCUT2D eigenvalue weighted by Gasteiger charge is 2.16. The van der Waals surface area contributed by atoms with E-state index in [9.17, 15) is 8.78 Å². The Morgan fingerprint density at radius 3 is 1.57 bits per heavy atom. The SMILES string of the molecule is CB(O)NNCc1ccc(-c2cc(Cl)ccc2F)cc1.CB(O)NNCc1ccc(Br)cc1.OB(O)c1cc(Cl)ccc1F. The lowest BCUT2D eigenvalue weighted by Gasteiger charge is -2.08. The summed E-state index contributed by atoms with van der Waals surface area (Å²) in [7, 11) is -2.96. The van der Waals surface area contributed by atoms with Crippen molar-refractivity contribution in [1.82, 2.24) is 21.5 Å². The van der Waals surface area contributed by atoms with Crippen LogP contribution >= 0.6 is 39.1 Å². The van der Waals surface area contributed by atoms with E-state index in [1.807, 2.05) is 48.5 Å². The van der Waals surface area contributed by atoms with Gasteiger partial charge >= 0.3 is 21.2 Å². The zero-order valence-electron chi connectivity index (χ0n) is 23.9. The minimum absolute atomic E-state index is 0.211. The molecule has 0 aliphatic carbocycles. The minimum atomic E-state index is -1.81. The molecule has 16 heteroatoms. The first-order valence-corrected chi connectivity index (χ1v) is 14.8. The average Bonchev–Trinajstić information content (AvgIpc) is 2.97. The fraction of sp³-hybridized carbons (Fsp3) is 0.143. The number of hydrogen-bond acceptors (Lipinski definition) is 8. The fourth-order valence-corrected chi connectivity index (χ4v) is 4.05. The van der Waals surface area contributed by atoms with Crippen LogP contribution in [0.2, 0.25) is 23.7 Å². The van der Waals surface area contributed by atoms with E-state index in [2.05, 4.69) is 37.5 Å². The summed E-state index contributed by atoms with van der Waals surface area (Å²) >= 11 is 14.7. The van der Waals surface area contributed by atoms with Gasteiger partial charge in [0.25, 0.3) is 0 Å². The topological polar surface area (TPSA) is 129 Å². The highest BCUT2D eigenvalue weighted by atomic mass is 79.9. The van der Waals surface area contributed by atoms with Crippen LogP contribution in [0.15, 0.2) is 89.4 Å². The van der Waals surface area contributed by atoms with Crippen LogP contribution in [0, 0.1) is 11.6 Å². The maximum atomic E-state index is 13.7. The van der Waals surface area contributed by atoms with Crippen LogP contribution in [-0.4, -0.2) is 41.3 Å². The van der Waals surface area contributed by atoms with Crippen LogP contribution in [0.25, 0.3) is 11.1 Å². The van der Waals surface area contributed by atoms with E-state index < -0.39 is 27.0 Å². The Labute approximate surface area is 275 Å². The first-order chi connectivity index (χ1) is 20.8. The number of rotatable bonds is 10. The highest BCUT2D eigenvalue weighted by Crippen LogP contribution is 2.26. The molecule has 0 aliphatic heterocycles. The summed E-state index contributed by atoms with van der Waals surface area (Å²) < 4.78 is 27.4. The molecule has 0 aliphatic rings. The molecule has 8 nitrogen and oxygen atoms in total. The molecule has 0 saturated heterocycles. The van der Waals surface area contributed by atoms with Gasteiger partial charge in [-0.1, -0.05) is 75.5 Å². The third kappa shape index (κ3) is 14.6. The third-order valence-electron chi connectivity index (χ3n) is 5.55. The van der Waals surface area contributed by atoms with E-state index in [4.69, 9.17) is 43.3 Å². The third-order valence-corrected chi connectivity index (χ3v) is 6.55. The zero-order valence-corrected chi connectivity index (χ0v) is 27.0. The standard InChI is InChI=1S/C14H15BClFN2O.C8H12BBrN2O.C6H5BClFO2/c1-15(20)19-18-9-10-2-4-11(5-3-10)13-8-12(16)6-7-14(13)17;1-9(13)12-11-6-7-2-4-8(10)5-3-7;8-4-1-2-6(9)5(3-4)7(10)11/h2-8,18-20H,9H2,1H3;2-5,11-13H,6H2,1H3;1-3,10-11H. The van der Waals surface area contributed by atoms with Crippen molar-refractivity contribution in [3.63, 3.8) is 0 Å². The summed E-state index contributed by atoms with van der Waals surface area (Å²) in [6.45, 7) is 4.54. The predicted octanol–water partition coefficient (Wildman–Crippen LogP) is 4.16. The molecule has 0 amide bonds. The van der Waals surface area contributed by atoms with Gasteiger partial charge in [-0.3, -0.25) is 21.5 Å². The molecule has 0 aromatic heterocycles. The van der Waals surface area contributed by atoms with E-state index in [0.717, 1.165) is 27.2 Å². The molecule has 0 fully saturated rings. The van der Waals surface area contributed by atoms with Gasteiger partial charge in [0.1, 0.15) is 11.6 Å². The number of hydrazine groups is 2. The Morgan fingerprint density at radius 1 is 0.659 bits per heavy atom. The number of benzene rings is 4. The second-order valence-electron chi connectivity index (χ2n) is 9.33. The Morgan fingerprint density at radius 2 is 1.11 bits per heavy atom. The lowest BCUT2D eigenvalue weighted by Crippen LogP contribution is -2.41. The molecule has 4 aromatic carbocycles. The maximum Gasteiger partial charge on any atom is 0.491 e. The normalized spacial score (nSPS) is 10.2. The molecule has 0 spiro atoms. The summed E-state index contributed by atoms with van der Waals surface area (Å²) in [6, 6.07) is 23.6. The molecule has 4 rings (SSSR count). The van der Waals surface area contributed by atoms with Crippen molar-refractivity contribution in [1.29, 1.82) is 0 Å². The number of hydrogen-bond donors (Lipinski definition) is 8. The van der Waals surface area contributed by atoms with E-state index in [1.165, 1.54) is 24.3 Å². The molecule has 0 saturated carbocycles. The van der Waals surface area contributed by atoms with Crippen LogP contribution in [0.3, 0.4) is 0 Å². The van der Waals surface area contributed by atoms with Crippen molar-refractivity contribution >= 4 is 65.8 Å².